The summed E-state index contributed by atoms with van der Waals surface area (Å²) in [4.78, 5) is 39.6. The van der Waals surface area contributed by atoms with Crippen LogP contribution in [0.25, 0.3) is 0 Å². The second kappa shape index (κ2) is 4.65. The van der Waals surface area contributed by atoms with Gasteiger partial charge < -0.3 is 15.1 Å². The van der Waals surface area contributed by atoms with Gasteiger partial charge in [0.05, 0.1) is 18.0 Å². The Labute approximate surface area is 114 Å². The molecule has 3 heterocycles. The maximum Gasteiger partial charge on any atom is 0.264 e. The van der Waals surface area contributed by atoms with Crippen molar-refractivity contribution in [1.29, 1.82) is 0 Å². The van der Waals surface area contributed by atoms with Crippen LogP contribution in [-0.4, -0.2) is 59.7 Å². The molecule has 1 aromatic heterocycles. The molecule has 6 nitrogen and oxygen atoms in total. The van der Waals surface area contributed by atoms with Gasteiger partial charge >= 0.3 is 0 Å². The monoisotopic (exact) mass is 279 g/mol. The quantitative estimate of drug-likeness (QED) is 0.755. The number of carbonyl (C=O) groups is 3. The van der Waals surface area contributed by atoms with Gasteiger partial charge in [0.1, 0.15) is 6.04 Å². The van der Waals surface area contributed by atoms with Crippen LogP contribution in [0, 0.1) is 0 Å². The number of nitrogens with one attached hydrogen (secondary N) is 1. The minimum Gasteiger partial charge on any atom is -0.345 e. The summed E-state index contributed by atoms with van der Waals surface area (Å²) in [6.07, 6.45) is 0. The van der Waals surface area contributed by atoms with Gasteiger partial charge in [-0.2, -0.15) is 0 Å². The fourth-order valence-electron chi connectivity index (χ4n) is 2.43. The molecule has 2 aliphatic heterocycles. The third-order valence-corrected chi connectivity index (χ3v) is 4.29. The van der Waals surface area contributed by atoms with Crippen LogP contribution in [0.15, 0.2) is 17.5 Å². The van der Waals surface area contributed by atoms with Gasteiger partial charge in [0.25, 0.3) is 5.91 Å². The molecule has 7 heteroatoms. The molecule has 1 aromatic rings. The van der Waals surface area contributed by atoms with Crippen molar-refractivity contribution in [2.75, 3.05) is 26.2 Å². The number of hydrogen-bond donors (Lipinski definition) is 1. The first-order chi connectivity index (χ1) is 9.16. The third-order valence-electron chi connectivity index (χ3n) is 3.44. The smallest absolute Gasteiger partial charge is 0.264 e. The van der Waals surface area contributed by atoms with Crippen LogP contribution >= 0.6 is 11.3 Å². The predicted molar refractivity (Wildman–Crippen MR) is 68.7 cm³/mol. The van der Waals surface area contributed by atoms with E-state index in [1.54, 1.807) is 15.9 Å². The van der Waals surface area contributed by atoms with E-state index in [0.717, 1.165) is 0 Å². The fraction of sp³-hybridized carbons (Fsp3) is 0.417. The number of fused-ring (bicyclic) bond motifs is 1. The number of carbonyl (C=O) groups excluding carboxylic acids is 3. The summed E-state index contributed by atoms with van der Waals surface area (Å²) in [5.41, 5.74) is 0. The predicted octanol–water partition coefficient (Wildman–Crippen LogP) is -0.469. The Balaban J connectivity index is 1.76. The SMILES string of the molecule is O=C1NCC(=O)N2CCN(C(=O)c3cccs3)C[C@@H]12. The lowest BCUT2D eigenvalue weighted by molar-refractivity contribution is -0.148. The molecular weight excluding hydrogens is 266 g/mol. The first kappa shape index (κ1) is 12.2. The molecule has 2 saturated heterocycles. The highest BCUT2D eigenvalue weighted by molar-refractivity contribution is 7.12. The maximum absolute atomic E-state index is 12.2. The van der Waals surface area contributed by atoms with Gasteiger partial charge in [0.2, 0.25) is 11.8 Å². The first-order valence-electron chi connectivity index (χ1n) is 6.07. The number of piperazine rings is 2. The standard InChI is InChI=1S/C12H13N3O3S/c16-10-6-13-11(17)8-7-14(3-4-15(8)10)12(18)9-2-1-5-19-9/h1-2,5,8H,3-4,6-7H2,(H,13,17)/t8-/m0/s1. The number of amides is 3. The lowest BCUT2D eigenvalue weighted by atomic mass is 10.1. The lowest BCUT2D eigenvalue weighted by Crippen LogP contribution is -2.66. The summed E-state index contributed by atoms with van der Waals surface area (Å²) >= 11 is 1.38. The number of nitrogens with zero attached hydrogens (tertiary/aromatic N) is 2. The zero-order valence-electron chi connectivity index (χ0n) is 10.2. The Morgan fingerprint density at radius 3 is 2.95 bits per heavy atom. The normalized spacial score (nSPS) is 23.1. The molecule has 0 saturated carbocycles. The van der Waals surface area contributed by atoms with E-state index in [9.17, 15) is 14.4 Å². The highest BCUT2D eigenvalue weighted by Gasteiger charge is 2.40. The number of rotatable bonds is 1. The highest BCUT2D eigenvalue weighted by Crippen LogP contribution is 2.18. The fourth-order valence-corrected chi connectivity index (χ4v) is 3.12. The molecule has 19 heavy (non-hydrogen) atoms. The average molecular weight is 279 g/mol. The Bertz CT molecular complexity index is 528. The molecule has 0 unspecified atom stereocenters. The molecule has 2 aliphatic rings. The molecule has 0 radical (unpaired) electrons. The van der Waals surface area contributed by atoms with Gasteiger partial charge in [-0.15, -0.1) is 11.3 Å². The molecule has 100 valence electrons. The summed E-state index contributed by atoms with van der Waals surface area (Å²) in [5.74, 6) is -0.323. The minimum atomic E-state index is -0.543. The molecule has 0 spiro atoms. The zero-order chi connectivity index (χ0) is 13.4. The molecule has 0 aromatic carbocycles. The zero-order valence-corrected chi connectivity index (χ0v) is 11.0. The molecule has 3 amide bonds. The van der Waals surface area contributed by atoms with Gasteiger partial charge in [-0.25, -0.2) is 0 Å². The van der Waals surface area contributed by atoms with Gasteiger partial charge in [0, 0.05) is 13.1 Å². The van der Waals surface area contributed by atoms with E-state index in [4.69, 9.17) is 0 Å². The average Bonchev–Trinajstić information content (AvgIpc) is 2.96. The van der Waals surface area contributed by atoms with E-state index < -0.39 is 6.04 Å². The summed E-state index contributed by atoms with van der Waals surface area (Å²) in [6, 6.07) is 3.05. The van der Waals surface area contributed by atoms with Gasteiger partial charge in [0.15, 0.2) is 0 Å². The van der Waals surface area contributed by atoms with E-state index >= 15 is 0 Å². The molecule has 1 N–H and O–H groups in total. The van der Waals surface area contributed by atoms with Crippen molar-refractivity contribution in [3.63, 3.8) is 0 Å². The van der Waals surface area contributed by atoms with Gasteiger partial charge in [-0.1, -0.05) is 6.07 Å². The Morgan fingerprint density at radius 2 is 2.21 bits per heavy atom. The highest BCUT2D eigenvalue weighted by atomic mass is 32.1. The number of hydrogen-bond acceptors (Lipinski definition) is 4. The van der Waals surface area contributed by atoms with Crippen LogP contribution in [-0.2, 0) is 9.59 Å². The summed E-state index contributed by atoms with van der Waals surface area (Å²) in [7, 11) is 0. The third kappa shape index (κ3) is 2.10. The lowest BCUT2D eigenvalue weighted by Gasteiger charge is -2.42. The molecular formula is C12H13N3O3S. The van der Waals surface area contributed by atoms with Crippen LogP contribution in [0.3, 0.4) is 0 Å². The topological polar surface area (TPSA) is 69.7 Å². The summed E-state index contributed by atoms with van der Waals surface area (Å²) in [5, 5.41) is 4.41. The summed E-state index contributed by atoms with van der Waals surface area (Å²) in [6.45, 7) is 1.24. The Kier molecular flexibility index (Phi) is 2.98. The molecule has 0 aliphatic carbocycles. The number of thiophene rings is 1. The molecule has 1 atom stereocenters. The van der Waals surface area contributed by atoms with E-state index in [0.29, 0.717) is 18.0 Å². The van der Waals surface area contributed by atoms with Gasteiger partial charge in [-0.3, -0.25) is 14.4 Å². The molecule has 2 fully saturated rings. The van der Waals surface area contributed by atoms with E-state index in [-0.39, 0.29) is 30.8 Å². The largest absolute Gasteiger partial charge is 0.345 e. The van der Waals surface area contributed by atoms with Crippen molar-refractivity contribution in [2.24, 2.45) is 0 Å². The van der Waals surface area contributed by atoms with Crippen molar-refractivity contribution >= 4 is 29.1 Å². The second-order valence-electron chi connectivity index (χ2n) is 4.55. The molecule has 3 rings (SSSR count). The second-order valence-corrected chi connectivity index (χ2v) is 5.50. The van der Waals surface area contributed by atoms with Gasteiger partial charge in [-0.05, 0) is 11.4 Å². The van der Waals surface area contributed by atoms with Crippen LogP contribution < -0.4 is 5.32 Å². The van der Waals surface area contributed by atoms with Crippen molar-refractivity contribution in [3.05, 3.63) is 22.4 Å². The Morgan fingerprint density at radius 1 is 1.37 bits per heavy atom. The van der Waals surface area contributed by atoms with Crippen LogP contribution in [0.5, 0.6) is 0 Å². The van der Waals surface area contributed by atoms with Crippen molar-refractivity contribution < 1.29 is 14.4 Å². The molecule has 0 bridgehead atoms. The van der Waals surface area contributed by atoms with Crippen molar-refractivity contribution in [3.8, 4) is 0 Å². The summed E-state index contributed by atoms with van der Waals surface area (Å²) < 4.78 is 0. The Hall–Kier alpha value is -1.89. The maximum atomic E-state index is 12.2. The van der Waals surface area contributed by atoms with E-state index in [1.165, 1.54) is 11.3 Å². The van der Waals surface area contributed by atoms with Crippen molar-refractivity contribution in [2.45, 2.75) is 6.04 Å². The minimum absolute atomic E-state index is 0.0637. The van der Waals surface area contributed by atoms with E-state index in [1.807, 2.05) is 11.4 Å². The van der Waals surface area contributed by atoms with Crippen molar-refractivity contribution in [1.82, 2.24) is 15.1 Å². The van der Waals surface area contributed by atoms with Crippen LogP contribution in [0.1, 0.15) is 9.67 Å². The van der Waals surface area contributed by atoms with E-state index in [2.05, 4.69) is 5.32 Å². The van der Waals surface area contributed by atoms with Crippen LogP contribution in [0.4, 0.5) is 0 Å². The van der Waals surface area contributed by atoms with Crippen LogP contribution in [0.2, 0.25) is 0 Å². The first-order valence-corrected chi connectivity index (χ1v) is 6.95.